The highest BCUT2D eigenvalue weighted by atomic mass is 35.5. The molecule has 16 heteroatoms. The molecule has 0 fully saturated rings. The van der Waals surface area contributed by atoms with Crippen molar-refractivity contribution >= 4 is 34.8 Å². The summed E-state index contributed by atoms with van der Waals surface area (Å²) >= 11 is 12.0. The van der Waals surface area contributed by atoms with Crippen LogP contribution >= 0.6 is 23.2 Å². The van der Waals surface area contributed by atoms with Crippen LogP contribution in [0, 0.1) is 11.7 Å². The average molecular weight is 644 g/mol. The van der Waals surface area contributed by atoms with Crippen LogP contribution in [0.2, 0.25) is 10.2 Å². The Morgan fingerprint density at radius 2 is 1.91 bits per heavy atom. The zero-order chi connectivity index (χ0) is 31.1. The zero-order valence-corrected chi connectivity index (χ0v) is 24.3. The Labute approximate surface area is 257 Å². The summed E-state index contributed by atoms with van der Waals surface area (Å²) in [6.45, 7) is -1.25. The summed E-state index contributed by atoms with van der Waals surface area (Å²) in [5.74, 6) is -1.63. The van der Waals surface area contributed by atoms with Crippen LogP contribution in [0.5, 0.6) is 0 Å². The molecular weight excluding hydrogens is 622 g/mol. The second kappa shape index (κ2) is 11.8. The van der Waals surface area contributed by atoms with Gasteiger partial charge >= 0.3 is 6.55 Å². The van der Waals surface area contributed by atoms with Crippen LogP contribution in [0.1, 0.15) is 44.5 Å². The minimum atomic E-state index is -2.97. The van der Waals surface area contributed by atoms with Gasteiger partial charge in [0.1, 0.15) is 0 Å². The summed E-state index contributed by atoms with van der Waals surface area (Å²) in [4.78, 5) is 35.4. The lowest BCUT2D eigenvalue weighted by Gasteiger charge is -2.22. The first-order valence-corrected chi connectivity index (χ1v) is 14.2. The highest BCUT2D eigenvalue weighted by molar-refractivity contribution is 6.31. The van der Waals surface area contributed by atoms with Crippen molar-refractivity contribution in [1.29, 1.82) is 0 Å². The second-order valence-corrected chi connectivity index (χ2v) is 11.0. The fraction of sp³-hybridized carbons (Fsp3) is 0.250. The number of carbonyl (C=O) groups is 1. The van der Waals surface area contributed by atoms with Crippen LogP contribution < -0.4 is 10.9 Å². The highest BCUT2D eigenvalue weighted by Crippen LogP contribution is 2.36. The number of aromatic nitrogens is 8. The molecule has 0 saturated carbocycles. The molecule has 5 aromatic rings. The number of fused-ring (bicyclic) bond motifs is 4. The van der Waals surface area contributed by atoms with E-state index in [0.29, 0.717) is 35.2 Å². The minimum Gasteiger partial charge on any atom is -0.323 e. The van der Waals surface area contributed by atoms with E-state index >= 15 is 4.39 Å². The van der Waals surface area contributed by atoms with Gasteiger partial charge < -0.3 is 5.32 Å². The van der Waals surface area contributed by atoms with Gasteiger partial charge in [0, 0.05) is 23.7 Å². The van der Waals surface area contributed by atoms with E-state index < -0.39 is 29.9 Å². The van der Waals surface area contributed by atoms with E-state index in [9.17, 15) is 18.4 Å². The largest absolute Gasteiger partial charge is 0.333 e. The first kappa shape index (κ1) is 29.5. The molecule has 0 spiro atoms. The molecular formula is C28H22Cl2F3N9O2. The van der Waals surface area contributed by atoms with E-state index in [2.05, 4.69) is 30.7 Å². The first-order valence-electron chi connectivity index (χ1n) is 13.4. The Morgan fingerprint density at radius 1 is 1.09 bits per heavy atom. The third-order valence-corrected chi connectivity index (χ3v) is 7.87. The number of halogens is 5. The Bertz CT molecular complexity index is 1940. The SMILES string of the molecule is CC1CCCC(n2cnc(-c3c(-n4cc(Cl)nn4)ccc(Cl)c3F)cc2=O)c2cc(ccn2)-c2c(cnn2C(F)F)NC1=O. The lowest BCUT2D eigenvalue weighted by Crippen LogP contribution is -2.27. The smallest absolute Gasteiger partial charge is 0.323 e. The molecule has 6 rings (SSSR count). The molecule has 2 unspecified atom stereocenters. The van der Waals surface area contributed by atoms with Crippen molar-refractivity contribution in [2.24, 2.45) is 5.92 Å². The van der Waals surface area contributed by atoms with Gasteiger partial charge in [0.15, 0.2) is 11.0 Å². The third-order valence-electron chi connectivity index (χ3n) is 7.41. The maximum Gasteiger partial charge on any atom is 0.333 e. The van der Waals surface area contributed by atoms with E-state index in [0.717, 1.165) is 6.07 Å². The minimum absolute atomic E-state index is 0.00141. The van der Waals surface area contributed by atoms with Gasteiger partial charge in [-0.25, -0.2) is 18.7 Å². The van der Waals surface area contributed by atoms with Gasteiger partial charge in [0.2, 0.25) is 5.91 Å². The Morgan fingerprint density at radius 3 is 2.64 bits per heavy atom. The molecule has 1 aromatic carbocycles. The topological polar surface area (TPSA) is 125 Å². The lowest BCUT2D eigenvalue weighted by molar-refractivity contribution is -0.119. The molecule has 1 amide bonds. The second-order valence-electron chi connectivity index (χ2n) is 10.2. The molecule has 0 saturated heterocycles. The number of amides is 1. The molecule has 2 atom stereocenters. The maximum absolute atomic E-state index is 15.4. The average Bonchev–Trinajstić information content (AvgIpc) is 3.62. The summed E-state index contributed by atoms with van der Waals surface area (Å²) in [5, 5.41) is 14.0. The Hall–Kier alpha value is -4.56. The van der Waals surface area contributed by atoms with Gasteiger partial charge in [-0.2, -0.15) is 13.9 Å². The highest BCUT2D eigenvalue weighted by Gasteiger charge is 2.27. The van der Waals surface area contributed by atoms with Crippen molar-refractivity contribution in [3.63, 3.8) is 0 Å². The molecule has 1 aliphatic heterocycles. The van der Waals surface area contributed by atoms with E-state index in [1.807, 2.05) is 0 Å². The number of nitrogens with one attached hydrogen (secondary N) is 1. The van der Waals surface area contributed by atoms with Gasteiger partial charge in [0.25, 0.3) is 5.56 Å². The summed E-state index contributed by atoms with van der Waals surface area (Å²) in [5.41, 5.74) is 0.414. The molecule has 44 heavy (non-hydrogen) atoms. The summed E-state index contributed by atoms with van der Waals surface area (Å²) in [7, 11) is 0. The summed E-state index contributed by atoms with van der Waals surface area (Å²) < 4.78 is 46.3. The number of nitrogens with zero attached hydrogens (tertiary/aromatic N) is 8. The molecule has 4 aromatic heterocycles. The van der Waals surface area contributed by atoms with Crippen molar-refractivity contribution in [2.45, 2.75) is 38.8 Å². The number of hydrogen-bond donors (Lipinski definition) is 1. The molecule has 0 radical (unpaired) electrons. The third kappa shape index (κ3) is 5.46. The monoisotopic (exact) mass is 643 g/mol. The van der Waals surface area contributed by atoms with Crippen molar-refractivity contribution < 1.29 is 18.0 Å². The predicted molar refractivity (Wildman–Crippen MR) is 155 cm³/mol. The van der Waals surface area contributed by atoms with Crippen LogP contribution in [0.4, 0.5) is 18.9 Å². The first-order chi connectivity index (χ1) is 21.1. The normalized spacial score (nSPS) is 17.1. The number of carbonyl (C=O) groups excluding carboxylic acids is 1. The number of hydrogen-bond acceptors (Lipinski definition) is 7. The van der Waals surface area contributed by atoms with Crippen LogP contribution in [-0.4, -0.2) is 45.2 Å². The summed E-state index contributed by atoms with van der Waals surface area (Å²) in [6, 6.07) is 6.40. The Kier molecular flexibility index (Phi) is 7.95. The van der Waals surface area contributed by atoms with E-state index in [1.54, 1.807) is 13.0 Å². The van der Waals surface area contributed by atoms with Crippen molar-refractivity contribution in [3.05, 3.63) is 87.3 Å². The molecule has 2 bridgehead atoms. The maximum atomic E-state index is 15.4. The van der Waals surface area contributed by atoms with Crippen molar-refractivity contribution in [1.82, 2.24) is 39.3 Å². The fourth-order valence-electron chi connectivity index (χ4n) is 5.22. The number of rotatable bonds is 4. The van der Waals surface area contributed by atoms with Gasteiger partial charge in [-0.15, -0.1) is 5.10 Å². The van der Waals surface area contributed by atoms with Crippen molar-refractivity contribution in [2.75, 3.05) is 5.32 Å². The van der Waals surface area contributed by atoms with Crippen LogP contribution in [0.15, 0.2) is 60.0 Å². The number of alkyl halides is 2. The van der Waals surface area contributed by atoms with Gasteiger partial charge in [-0.1, -0.05) is 41.8 Å². The number of benzene rings is 1. The zero-order valence-electron chi connectivity index (χ0n) is 22.8. The summed E-state index contributed by atoms with van der Waals surface area (Å²) in [6.07, 6.45) is 6.57. The van der Waals surface area contributed by atoms with Crippen LogP contribution in [0.3, 0.4) is 0 Å². The number of anilines is 1. The molecule has 11 nitrogen and oxygen atoms in total. The van der Waals surface area contributed by atoms with E-state index in [1.165, 1.54) is 52.4 Å². The fourth-order valence-corrected chi connectivity index (χ4v) is 5.50. The van der Waals surface area contributed by atoms with E-state index in [-0.39, 0.29) is 44.4 Å². The molecule has 226 valence electrons. The number of pyridine rings is 1. The quantitative estimate of drug-likeness (QED) is 0.257. The lowest BCUT2D eigenvalue weighted by atomic mass is 9.97. The molecule has 1 aliphatic rings. The predicted octanol–water partition coefficient (Wildman–Crippen LogP) is 5.94. The van der Waals surface area contributed by atoms with Gasteiger partial charge in [0.05, 0.1) is 63.8 Å². The van der Waals surface area contributed by atoms with Gasteiger partial charge in [-0.05, 0) is 37.1 Å². The molecule has 0 aliphatic carbocycles. The Balaban J connectivity index is 1.47. The van der Waals surface area contributed by atoms with Crippen LogP contribution in [-0.2, 0) is 4.79 Å². The van der Waals surface area contributed by atoms with Crippen LogP contribution in [0.25, 0.3) is 28.2 Å². The van der Waals surface area contributed by atoms with E-state index in [4.69, 9.17) is 23.2 Å². The molecule has 1 N–H and O–H groups in total. The van der Waals surface area contributed by atoms with Gasteiger partial charge in [-0.3, -0.25) is 19.1 Å². The van der Waals surface area contributed by atoms with Crippen molar-refractivity contribution in [3.8, 4) is 28.2 Å². The standard InChI is InChI=1S/C28H22Cl2F3N9O2/c1-14-3-2-4-20(17-9-15(7-8-34-17)26-19(37-27(14)44)11-36-42(26)28(32)33)40-13-35-18(10-23(40)43)24-21(6-5-16(29)25(24)31)41-12-22(30)38-39-41/h5-14,20,28H,2-4H2,1H3,(H,37,44). The molecule has 5 heterocycles.